The Hall–Kier alpha value is -1.44. The van der Waals surface area contributed by atoms with Gasteiger partial charge in [-0.25, -0.2) is 0 Å². The molecule has 6 rings (SSSR count). The second-order valence-corrected chi connectivity index (χ2v) is 11.0. The van der Waals surface area contributed by atoms with E-state index in [2.05, 4.69) is 34.2 Å². The van der Waals surface area contributed by atoms with Crippen LogP contribution in [0.15, 0.2) is 24.3 Å². The molecule has 4 saturated carbocycles. The largest absolute Gasteiger partial charge is 0.362 e. The summed E-state index contributed by atoms with van der Waals surface area (Å²) >= 11 is 0. The maximum Gasteiger partial charge on any atom is 0.0278 e. The Kier molecular flexibility index (Phi) is 4.85. The molecule has 0 radical (unpaired) electrons. The van der Waals surface area contributed by atoms with Gasteiger partial charge in [-0.1, -0.05) is 38.5 Å². The summed E-state index contributed by atoms with van der Waals surface area (Å²) in [7, 11) is 0. The zero-order valence-corrected chi connectivity index (χ0v) is 18.0. The van der Waals surface area contributed by atoms with E-state index < -0.39 is 0 Å². The van der Waals surface area contributed by atoms with E-state index in [0.717, 1.165) is 41.9 Å². The number of hydrogen-bond acceptors (Lipinski definition) is 0. The molecule has 6 unspecified atom stereocenters. The molecule has 4 fully saturated rings. The Bertz CT molecular complexity index is 761. The first-order valence-electron chi connectivity index (χ1n) is 12.7. The first-order valence-corrected chi connectivity index (χ1v) is 12.7. The van der Waals surface area contributed by atoms with Gasteiger partial charge in [-0.15, -0.1) is 0 Å². The van der Waals surface area contributed by atoms with Crippen molar-refractivity contribution in [3.05, 3.63) is 47.0 Å². The van der Waals surface area contributed by atoms with E-state index in [-0.39, 0.29) is 0 Å². The SMILES string of the molecule is c1cc(C2CCC3CCCC3C2)[nH]c1Cc1ccc(C2CCC3CCCC3C2)[nH]1. The average Bonchev–Trinajstić information content (AvgIpc) is 3.53. The molecule has 29 heavy (non-hydrogen) atoms. The van der Waals surface area contributed by atoms with Crippen LogP contribution >= 0.6 is 0 Å². The van der Waals surface area contributed by atoms with Crippen molar-refractivity contribution >= 4 is 0 Å². The van der Waals surface area contributed by atoms with E-state index in [1.165, 1.54) is 99.8 Å². The van der Waals surface area contributed by atoms with Gasteiger partial charge in [0.1, 0.15) is 0 Å². The highest BCUT2D eigenvalue weighted by atomic mass is 14.8. The second-order valence-electron chi connectivity index (χ2n) is 11.0. The Morgan fingerprint density at radius 2 is 1.03 bits per heavy atom. The number of hydrogen-bond donors (Lipinski definition) is 2. The van der Waals surface area contributed by atoms with E-state index in [0.29, 0.717) is 0 Å². The highest BCUT2D eigenvalue weighted by Crippen LogP contribution is 2.48. The van der Waals surface area contributed by atoms with Crippen molar-refractivity contribution in [1.82, 2.24) is 9.97 Å². The van der Waals surface area contributed by atoms with Crippen LogP contribution in [0.2, 0.25) is 0 Å². The van der Waals surface area contributed by atoms with Gasteiger partial charge in [-0.05, 0) is 98.3 Å². The van der Waals surface area contributed by atoms with Crippen molar-refractivity contribution in [1.29, 1.82) is 0 Å². The summed E-state index contributed by atoms with van der Waals surface area (Å²) in [6.45, 7) is 0. The van der Waals surface area contributed by atoms with Crippen molar-refractivity contribution < 1.29 is 0 Å². The number of aromatic nitrogens is 2. The Balaban J connectivity index is 1.09. The summed E-state index contributed by atoms with van der Waals surface area (Å²) in [5.74, 6) is 5.70. The third-order valence-electron chi connectivity index (χ3n) is 9.38. The Labute approximate surface area is 176 Å². The molecular formula is C27H38N2. The van der Waals surface area contributed by atoms with Crippen LogP contribution in [0.4, 0.5) is 0 Å². The minimum absolute atomic E-state index is 0.781. The van der Waals surface area contributed by atoms with Gasteiger partial charge in [0.05, 0.1) is 0 Å². The van der Waals surface area contributed by atoms with Gasteiger partial charge >= 0.3 is 0 Å². The summed E-state index contributed by atoms with van der Waals surface area (Å²) in [5.41, 5.74) is 5.80. The highest BCUT2D eigenvalue weighted by Gasteiger charge is 2.35. The predicted molar refractivity (Wildman–Crippen MR) is 119 cm³/mol. The van der Waals surface area contributed by atoms with Crippen LogP contribution in [-0.4, -0.2) is 9.97 Å². The summed E-state index contributed by atoms with van der Waals surface area (Å²) in [6.07, 6.45) is 18.6. The fraction of sp³-hybridized carbons (Fsp3) is 0.704. The van der Waals surface area contributed by atoms with Crippen LogP contribution in [-0.2, 0) is 6.42 Å². The second kappa shape index (κ2) is 7.67. The number of fused-ring (bicyclic) bond motifs is 2. The first-order chi connectivity index (χ1) is 14.3. The quantitative estimate of drug-likeness (QED) is 0.549. The standard InChI is InChI=1S/C27H38N2/c1-3-18-7-9-22(15-20(18)5-1)26-13-11-24(28-26)17-25-12-14-27(29-25)23-10-8-19-4-2-6-21(19)16-23/h11-14,18-23,28-29H,1-10,15-17H2. The minimum Gasteiger partial charge on any atom is -0.362 e. The van der Waals surface area contributed by atoms with E-state index >= 15 is 0 Å². The molecule has 4 aliphatic carbocycles. The number of nitrogens with one attached hydrogen (secondary N) is 2. The van der Waals surface area contributed by atoms with Crippen LogP contribution < -0.4 is 0 Å². The third kappa shape index (κ3) is 3.62. The number of rotatable bonds is 4. The molecule has 0 saturated heterocycles. The molecule has 6 atom stereocenters. The molecule has 0 amide bonds. The maximum absolute atomic E-state index is 3.81. The Morgan fingerprint density at radius 1 is 0.552 bits per heavy atom. The van der Waals surface area contributed by atoms with Gasteiger partial charge in [0, 0.05) is 29.2 Å². The predicted octanol–water partition coefficient (Wildman–Crippen LogP) is 7.30. The molecule has 2 N–H and O–H groups in total. The molecule has 0 aromatic carbocycles. The lowest BCUT2D eigenvalue weighted by molar-refractivity contribution is 0.248. The van der Waals surface area contributed by atoms with Crippen molar-refractivity contribution in [3.63, 3.8) is 0 Å². The molecule has 2 heteroatoms. The highest BCUT2D eigenvalue weighted by molar-refractivity contribution is 5.25. The first kappa shape index (κ1) is 18.3. The van der Waals surface area contributed by atoms with Crippen LogP contribution in [0, 0.1) is 23.7 Å². The van der Waals surface area contributed by atoms with Crippen molar-refractivity contribution in [2.75, 3.05) is 0 Å². The van der Waals surface area contributed by atoms with E-state index in [9.17, 15) is 0 Å². The average molecular weight is 391 g/mol. The van der Waals surface area contributed by atoms with Crippen LogP contribution in [0.5, 0.6) is 0 Å². The van der Waals surface area contributed by atoms with Gasteiger partial charge in [0.15, 0.2) is 0 Å². The zero-order valence-electron chi connectivity index (χ0n) is 18.0. The van der Waals surface area contributed by atoms with Crippen LogP contribution in [0.1, 0.15) is 112 Å². The lowest BCUT2D eigenvalue weighted by atomic mass is 9.75. The Morgan fingerprint density at radius 3 is 1.55 bits per heavy atom. The molecule has 2 aromatic rings. The summed E-state index contributed by atoms with van der Waals surface area (Å²) < 4.78 is 0. The molecule has 156 valence electrons. The smallest absolute Gasteiger partial charge is 0.0278 e. The van der Waals surface area contributed by atoms with Crippen molar-refractivity contribution in [2.45, 2.75) is 95.3 Å². The summed E-state index contributed by atoms with van der Waals surface area (Å²) in [4.78, 5) is 7.62. The van der Waals surface area contributed by atoms with E-state index in [1.54, 1.807) is 0 Å². The lowest BCUT2D eigenvalue weighted by Gasteiger charge is -2.31. The molecule has 2 heterocycles. The maximum atomic E-state index is 3.81. The number of H-pyrrole nitrogens is 2. The van der Waals surface area contributed by atoms with Gasteiger partial charge in [0.25, 0.3) is 0 Å². The molecule has 0 aliphatic heterocycles. The fourth-order valence-corrected chi connectivity index (χ4v) is 7.78. The topological polar surface area (TPSA) is 31.6 Å². The van der Waals surface area contributed by atoms with Crippen LogP contribution in [0.25, 0.3) is 0 Å². The lowest BCUT2D eigenvalue weighted by Crippen LogP contribution is -2.19. The van der Waals surface area contributed by atoms with Gasteiger partial charge < -0.3 is 9.97 Å². The molecular weight excluding hydrogens is 352 g/mol. The van der Waals surface area contributed by atoms with Gasteiger partial charge in [-0.3, -0.25) is 0 Å². The zero-order chi connectivity index (χ0) is 19.2. The normalized spacial score (nSPS) is 36.8. The number of aromatic amines is 2. The van der Waals surface area contributed by atoms with E-state index in [4.69, 9.17) is 0 Å². The van der Waals surface area contributed by atoms with Crippen molar-refractivity contribution in [3.8, 4) is 0 Å². The molecule has 0 bridgehead atoms. The van der Waals surface area contributed by atoms with Crippen molar-refractivity contribution in [2.24, 2.45) is 23.7 Å². The van der Waals surface area contributed by atoms with Gasteiger partial charge in [-0.2, -0.15) is 0 Å². The van der Waals surface area contributed by atoms with E-state index in [1.807, 2.05) is 0 Å². The summed E-state index contributed by atoms with van der Waals surface area (Å²) in [6, 6.07) is 9.47. The molecule has 2 aromatic heterocycles. The third-order valence-corrected chi connectivity index (χ3v) is 9.38. The molecule has 0 spiro atoms. The molecule has 2 nitrogen and oxygen atoms in total. The minimum atomic E-state index is 0.781. The summed E-state index contributed by atoms with van der Waals surface area (Å²) in [5, 5.41) is 0. The van der Waals surface area contributed by atoms with Gasteiger partial charge in [0.2, 0.25) is 0 Å². The molecule has 4 aliphatic rings. The fourth-order valence-electron chi connectivity index (χ4n) is 7.78. The monoisotopic (exact) mass is 390 g/mol. The van der Waals surface area contributed by atoms with Crippen LogP contribution in [0.3, 0.4) is 0 Å².